The summed E-state index contributed by atoms with van der Waals surface area (Å²) in [5, 5.41) is 2.72. The zero-order chi connectivity index (χ0) is 21.6. The Morgan fingerprint density at radius 1 is 0.933 bits per heavy atom. The molecule has 3 rings (SSSR count). The van der Waals surface area contributed by atoms with E-state index in [4.69, 9.17) is 15.4 Å². The summed E-state index contributed by atoms with van der Waals surface area (Å²) in [5.74, 6) is -0.734. The molecule has 0 spiro atoms. The molecule has 0 saturated carbocycles. The summed E-state index contributed by atoms with van der Waals surface area (Å²) in [5.41, 5.74) is 2.06. The summed E-state index contributed by atoms with van der Waals surface area (Å²) in [7, 11) is 1.47. The second kappa shape index (κ2) is 9.84. The summed E-state index contributed by atoms with van der Waals surface area (Å²) in [6.07, 6.45) is -0.476. The molecule has 3 aromatic rings. The number of hydrogen-bond acceptors (Lipinski definition) is 4. The Labute approximate surface area is 178 Å². The molecule has 0 aliphatic carbocycles. The number of rotatable bonds is 8. The van der Waals surface area contributed by atoms with Crippen molar-refractivity contribution in [2.75, 3.05) is 5.32 Å². The fourth-order valence-corrected chi connectivity index (χ4v) is 3.53. The molecule has 8 heteroatoms. The van der Waals surface area contributed by atoms with E-state index in [9.17, 15) is 17.6 Å². The fraction of sp³-hybridized carbons (Fsp3) is 0.136. The highest BCUT2D eigenvalue weighted by atomic mass is 35.7. The Balaban J connectivity index is 1.72. The Hall–Kier alpha value is -2.74. The standard InChI is InChI=1S/C22H19ClFNO4S/c23-30(27,28)20-12-10-19(11-13-20)25-22(26)21(14-16-4-2-1-3-5-16)29-15-17-6-8-18(24)9-7-17/h1-13,21H,14-15H2,(H,25,26). The summed E-state index contributed by atoms with van der Waals surface area (Å²) >= 11 is 0. The van der Waals surface area contributed by atoms with Gasteiger partial charge in [-0.2, -0.15) is 0 Å². The minimum absolute atomic E-state index is 0.0597. The van der Waals surface area contributed by atoms with Crippen molar-refractivity contribution >= 4 is 31.3 Å². The van der Waals surface area contributed by atoms with Gasteiger partial charge in [0, 0.05) is 22.8 Å². The third-order valence-electron chi connectivity index (χ3n) is 4.32. The largest absolute Gasteiger partial charge is 0.363 e. The SMILES string of the molecule is O=C(Nc1ccc(S(=O)(=O)Cl)cc1)C(Cc1ccccc1)OCc1ccc(F)cc1. The first kappa shape index (κ1) is 22.0. The lowest BCUT2D eigenvalue weighted by Gasteiger charge is -2.18. The van der Waals surface area contributed by atoms with Crippen LogP contribution in [0.15, 0.2) is 83.8 Å². The van der Waals surface area contributed by atoms with Crippen molar-refractivity contribution in [3.63, 3.8) is 0 Å². The fourth-order valence-electron chi connectivity index (χ4n) is 2.76. The van der Waals surface area contributed by atoms with E-state index in [0.29, 0.717) is 12.1 Å². The number of nitrogens with one attached hydrogen (secondary N) is 1. The Morgan fingerprint density at radius 3 is 2.17 bits per heavy atom. The van der Waals surface area contributed by atoms with Crippen molar-refractivity contribution in [1.82, 2.24) is 0 Å². The molecule has 30 heavy (non-hydrogen) atoms. The summed E-state index contributed by atoms with van der Waals surface area (Å²) in [6, 6.07) is 20.8. The van der Waals surface area contributed by atoms with Crippen molar-refractivity contribution in [2.45, 2.75) is 24.0 Å². The van der Waals surface area contributed by atoms with Crippen molar-refractivity contribution in [3.05, 3.63) is 95.8 Å². The topological polar surface area (TPSA) is 72.5 Å². The molecule has 0 heterocycles. The second-order valence-corrected chi connectivity index (χ2v) is 9.13. The summed E-state index contributed by atoms with van der Waals surface area (Å²) in [6.45, 7) is 0.134. The molecule has 0 aromatic heterocycles. The molecule has 0 radical (unpaired) electrons. The van der Waals surface area contributed by atoms with E-state index < -0.39 is 15.2 Å². The number of hydrogen-bond donors (Lipinski definition) is 1. The van der Waals surface area contributed by atoms with E-state index in [1.165, 1.54) is 36.4 Å². The normalized spacial score (nSPS) is 12.3. The smallest absolute Gasteiger partial charge is 0.261 e. The van der Waals surface area contributed by atoms with Crippen molar-refractivity contribution in [2.24, 2.45) is 0 Å². The number of carbonyl (C=O) groups excluding carboxylic acids is 1. The van der Waals surface area contributed by atoms with E-state index in [0.717, 1.165) is 11.1 Å². The third kappa shape index (κ3) is 6.38. The minimum Gasteiger partial charge on any atom is -0.363 e. The van der Waals surface area contributed by atoms with Gasteiger partial charge >= 0.3 is 0 Å². The van der Waals surface area contributed by atoms with Crippen molar-refractivity contribution < 1.29 is 22.3 Å². The molecular weight excluding hydrogens is 429 g/mol. The zero-order valence-corrected chi connectivity index (χ0v) is 17.4. The molecule has 1 atom stereocenters. The van der Waals surface area contributed by atoms with Crippen LogP contribution >= 0.6 is 10.7 Å². The van der Waals surface area contributed by atoms with Gasteiger partial charge in [0.05, 0.1) is 11.5 Å². The molecule has 1 amide bonds. The third-order valence-corrected chi connectivity index (χ3v) is 5.69. The predicted molar refractivity (Wildman–Crippen MR) is 113 cm³/mol. The van der Waals surface area contributed by atoms with Crippen LogP contribution in [-0.4, -0.2) is 20.4 Å². The molecule has 0 aliphatic rings. The lowest BCUT2D eigenvalue weighted by atomic mass is 10.1. The van der Waals surface area contributed by atoms with Gasteiger partial charge in [-0.3, -0.25) is 4.79 Å². The van der Waals surface area contributed by atoms with Crippen LogP contribution in [0.4, 0.5) is 10.1 Å². The molecule has 0 fully saturated rings. The van der Waals surface area contributed by atoms with E-state index in [1.807, 2.05) is 30.3 Å². The van der Waals surface area contributed by atoms with Crippen LogP contribution in [0.3, 0.4) is 0 Å². The van der Waals surface area contributed by atoms with Crippen LogP contribution in [0.5, 0.6) is 0 Å². The van der Waals surface area contributed by atoms with Crippen LogP contribution in [0.2, 0.25) is 0 Å². The molecule has 0 bridgehead atoms. The number of carbonyl (C=O) groups is 1. The maximum absolute atomic E-state index is 13.1. The quantitative estimate of drug-likeness (QED) is 0.515. The van der Waals surface area contributed by atoms with Crippen LogP contribution in [0.1, 0.15) is 11.1 Å². The second-order valence-electron chi connectivity index (χ2n) is 6.57. The molecule has 0 saturated heterocycles. The van der Waals surface area contributed by atoms with Gasteiger partial charge in [-0.05, 0) is 47.5 Å². The average molecular weight is 448 g/mol. The monoisotopic (exact) mass is 447 g/mol. The van der Waals surface area contributed by atoms with E-state index in [2.05, 4.69) is 5.32 Å². The van der Waals surface area contributed by atoms with Crippen LogP contribution in [-0.2, 0) is 31.6 Å². The highest BCUT2D eigenvalue weighted by molar-refractivity contribution is 8.13. The first-order valence-electron chi connectivity index (χ1n) is 9.07. The number of benzene rings is 3. The molecule has 1 unspecified atom stereocenters. The molecule has 5 nitrogen and oxygen atoms in total. The van der Waals surface area contributed by atoms with Gasteiger partial charge in [0.1, 0.15) is 11.9 Å². The first-order valence-corrected chi connectivity index (χ1v) is 11.4. The number of amides is 1. The maximum atomic E-state index is 13.1. The number of anilines is 1. The number of halogens is 2. The van der Waals surface area contributed by atoms with Crippen molar-refractivity contribution in [3.8, 4) is 0 Å². The highest BCUT2D eigenvalue weighted by Crippen LogP contribution is 2.19. The van der Waals surface area contributed by atoms with Gasteiger partial charge in [-0.25, -0.2) is 12.8 Å². The Morgan fingerprint density at radius 2 is 1.57 bits per heavy atom. The summed E-state index contributed by atoms with van der Waals surface area (Å²) < 4.78 is 41.6. The van der Waals surface area contributed by atoms with Gasteiger partial charge in [-0.1, -0.05) is 42.5 Å². The summed E-state index contributed by atoms with van der Waals surface area (Å²) in [4.78, 5) is 12.8. The average Bonchev–Trinajstić information content (AvgIpc) is 2.72. The van der Waals surface area contributed by atoms with Gasteiger partial charge in [-0.15, -0.1) is 0 Å². The minimum atomic E-state index is -3.84. The van der Waals surface area contributed by atoms with Crippen molar-refractivity contribution in [1.29, 1.82) is 0 Å². The van der Waals surface area contributed by atoms with Crippen LogP contribution in [0.25, 0.3) is 0 Å². The molecule has 156 valence electrons. The van der Waals surface area contributed by atoms with E-state index in [-0.39, 0.29) is 23.2 Å². The predicted octanol–water partition coefficient (Wildman–Crippen LogP) is 4.52. The van der Waals surface area contributed by atoms with Gasteiger partial charge in [0.2, 0.25) is 0 Å². The maximum Gasteiger partial charge on any atom is 0.261 e. The zero-order valence-electron chi connectivity index (χ0n) is 15.8. The molecule has 3 aromatic carbocycles. The molecular formula is C22H19ClFNO4S. The van der Waals surface area contributed by atoms with Crippen LogP contribution < -0.4 is 5.32 Å². The first-order chi connectivity index (χ1) is 14.3. The van der Waals surface area contributed by atoms with Gasteiger partial charge in [0.25, 0.3) is 15.0 Å². The number of ether oxygens (including phenoxy) is 1. The molecule has 1 N–H and O–H groups in total. The van der Waals surface area contributed by atoms with E-state index in [1.54, 1.807) is 12.1 Å². The van der Waals surface area contributed by atoms with E-state index >= 15 is 0 Å². The van der Waals surface area contributed by atoms with Crippen LogP contribution in [0, 0.1) is 5.82 Å². The Bertz CT molecular complexity index is 1090. The molecule has 0 aliphatic heterocycles. The lowest BCUT2D eigenvalue weighted by molar-refractivity contribution is -0.128. The lowest BCUT2D eigenvalue weighted by Crippen LogP contribution is -2.32. The van der Waals surface area contributed by atoms with Gasteiger partial charge < -0.3 is 10.1 Å². The van der Waals surface area contributed by atoms with Gasteiger partial charge in [0.15, 0.2) is 0 Å². The highest BCUT2D eigenvalue weighted by Gasteiger charge is 2.20. The Kier molecular flexibility index (Phi) is 7.20.